The van der Waals surface area contributed by atoms with Crippen LogP contribution >= 0.6 is 11.6 Å². The smallest absolute Gasteiger partial charge is 0.416 e. The number of methoxy groups -OCH3 is 1. The summed E-state index contributed by atoms with van der Waals surface area (Å²) < 4.78 is 48.5. The third-order valence-corrected chi connectivity index (χ3v) is 4.80. The molecule has 0 radical (unpaired) electrons. The van der Waals surface area contributed by atoms with Crippen molar-refractivity contribution in [1.29, 1.82) is 0 Å². The molecule has 2 aromatic carbocycles. The molecule has 178 valence electrons. The Morgan fingerprint density at radius 1 is 1.06 bits per heavy atom. The van der Waals surface area contributed by atoms with Gasteiger partial charge in [0, 0.05) is 5.56 Å². The maximum Gasteiger partial charge on any atom is 0.416 e. The average molecular weight is 487 g/mol. The number of esters is 1. The fraction of sp³-hybridized carbons (Fsp3) is 0.318. The van der Waals surface area contributed by atoms with Crippen LogP contribution in [0.25, 0.3) is 0 Å². The Hall–Kier alpha value is -3.27. The molecule has 0 aliphatic rings. The van der Waals surface area contributed by atoms with E-state index < -0.39 is 42.2 Å². The largest absolute Gasteiger partial charge is 0.497 e. The van der Waals surface area contributed by atoms with Gasteiger partial charge in [0.15, 0.2) is 6.61 Å². The van der Waals surface area contributed by atoms with Gasteiger partial charge in [0.1, 0.15) is 11.8 Å². The fourth-order valence-electron chi connectivity index (χ4n) is 2.67. The second kappa shape index (κ2) is 11.0. The minimum atomic E-state index is -4.62. The second-order valence-corrected chi connectivity index (χ2v) is 7.68. The van der Waals surface area contributed by atoms with Crippen LogP contribution in [0.1, 0.15) is 29.8 Å². The summed E-state index contributed by atoms with van der Waals surface area (Å²) in [7, 11) is 1.48. The number of carbonyl (C=O) groups excluding carboxylic acids is 3. The van der Waals surface area contributed by atoms with Gasteiger partial charge in [-0.1, -0.05) is 25.4 Å². The summed E-state index contributed by atoms with van der Waals surface area (Å²) in [6.07, 6.45) is -4.62. The van der Waals surface area contributed by atoms with Crippen LogP contribution in [0, 0.1) is 5.92 Å². The number of halogens is 4. The number of carbonyl (C=O) groups is 3. The van der Waals surface area contributed by atoms with Gasteiger partial charge < -0.3 is 20.1 Å². The van der Waals surface area contributed by atoms with Crippen molar-refractivity contribution < 1.29 is 37.0 Å². The molecule has 0 spiro atoms. The maximum absolute atomic E-state index is 12.9. The minimum absolute atomic E-state index is 0.116. The number of anilines is 1. The average Bonchev–Trinajstić information content (AvgIpc) is 2.76. The van der Waals surface area contributed by atoms with Crippen LogP contribution in [0.3, 0.4) is 0 Å². The zero-order chi connectivity index (χ0) is 24.8. The van der Waals surface area contributed by atoms with Gasteiger partial charge in [-0.05, 0) is 48.4 Å². The lowest BCUT2D eigenvalue weighted by Gasteiger charge is -2.21. The molecule has 0 aliphatic heterocycles. The molecule has 0 bridgehead atoms. The van der Waals surface area contributed by atoms with Crippen molar-refractivity contribution in [3.63, 3.8) is 0 Å². The van der Waals surface area contributed by atoms with Crippen molar-refractivity contribution in [2.75, 3.05) is 19.0 Å². The van der Waals surface area contributed by atoms with Gasteiger partial charge in [0.05, 0.1) is 23.4 Å². The van der Waals surface area contributed by atoms with E-state index in [0.29, 0.717) is 11.8 Å². The highest BCUT2D eigenvalue weighted by Crippen LogP contribution is 2.33. The topological polar surface area (TPSA) is 93.7 Å². The Kier molecular flexibility index (Phi) is 8.69. The Bertz CT molecular complexity index is 1010. The Morgan fingerprint density at radius 3 is 2.24 bits per heavy atom. The maximum atomic E-state index is 12.9. The summed E-state index contributed by atoms with van der Waals surface area (Å²) in [4.78, 5) is 37.0. The summed E-state index contributed by atoms with van der Waals surface area (Å²) in [5.41, 5.74) is -0.993. The lowest BCUT2D eigenvalue weighted by Crippen LogP contribution is -2.45. The van der Waals surface area contributed by atoms with E-state index in [-0.39, 0.29) is 22.2 Å². The number of alkyl halides is 3. The van der Waals surface area contributed by atoms with E-state index in [1.165, 1.54) is 19.2 Å². The molecule has 0 aliphatic carbocycles. The number of hydrogen-bond acceptors (Lipinski definition) is 5. The van der Waals surface area contributed by atoms with Crippen molar-refractivity contribution in [3.05, 3.63) is 58.6 Å². The third-order valence-electron chi connectivity index (χ3n) is 4.47. The summed E-state index contributed by atoms with van der Waals surface area (Å²) in [5.74, 6) is -2.13. The number of ether oxygens (including phenoxy) is 2. The van der Waals surface area contributed by atoms with Crippen molar-refractivity contribution in [1.82, 2.24) is 5.32 Å². The molecule has 33 heavy (non-hydrogen) atoms. The van der Waals surface area contributed by atoms with Gasteiger partial charge in [0.2, 0.25) is 0 Å². The minimum Gasteiger partial charge on any atom is -0.497 e. The number of rotatable bonds is 8. The van der Waals surface area contributed by atoms with Crippen LogP contribution in [0.15, 0.2) is 42.5 Å². The van der Waals surface area contributed by atoms with Crippen LogP contribution in [0.5, 0.6) is 5.75 Å². The normalized spacial score (nSPS) is 12.1. The fourth-order valence-corrected chi connectivity index (χ4v) is 2.84. The molecule has 0 saturated carbocycles. The molecule has 7 nitrogen and oxygen atoms in total. The summed E-state index contributed by atoms with van der Waals surface area (Å²) in [6, 6.07) is 7.58. The summed E-state index contributed by atoms with van der Waals surface area (Å²) in [5, 5.41) is 4.60. The van der Waals surface area contributed by atoms with Crippen molar-refractivity contribution in [2.45, 2.75) is 26.1 Å². The molecule has 1 atom stereocenters. The highest BCUT2D eigenvalue weighted by molar-refractivity contribution is 6.33. The first-order valence-electron chi connectivity index (χ1n) is 9.70. The molecule has 0 heterocycles. The van der Waals surface area contributed by atoms with Gasteiger partial charge in [-0.3, -0.25) is 9.59 Å². The summed E-state index contributed by atoms with van der Waals surface area (Å²) in [6.45, 7) is 2.55. The highest BCUT2D eigenvalue weighted by Gasteiger charge is 2.31. The van der Waals surface area contributed by atoms with Crippen LogP contribution in [-0.2, 0) is 20.5 Å². The predicted octanol–water partition coefficient (Wildman–Crippen LogP) is 4.30. The van der Waals surface area contributed by atoms with E-state index in [2.05, 4.69) is 10.6 Å². The highest BCUT2D eigenvalue weighted by atomic mass is 35.5. The molecule has 2 amide bonds. The first-order chi connectivity index (χ1) is 15.4. The van der Waals surface area contributed by atoms with Crippen molar-refractivity contribution in [2.24, 2.45) is 5.92 Å². The molecule has 0 unspecified atom stereocenters. The zero-order valence-corrected chi connectivity index (χ0v) is 18.7. The first-order valence-corrected chi connectivity index (χ1v) is 10.1. The molecule has 2 N–H and O–H groups in total. The van der Waals surface area contributed by atoms with Crippen molar-refractivity contribution >= 4 is 35.1 Å². The molecule has 0 fully saturated rings. The van der Waals surface area contributed by atoms with Gasteiger partial charge in [0.25, 0.3) is 11.8 Å². The number of benzene rings is 2. The predicted molar refractivity (Wildman–Crippen MR) is 115 cm³/mol. The Morgan fingerprint density at radius 2 is 1.70 bits per heavy atom. The molecule has 0 saturated heterocycles. The SMILES string of the molecule is COc1ccc(C(=O)N[C@H](C(=O)OCC(=O)Nc2cc(C(F)(F)F)ccc2Cl)C(C)C)cc1. The van der Waals surface area contributed by atoms with Gasteiger partial charge in [-0.25, -0.2) is 4.79 Å². The lowest BCUT2D eigenvalue weighted by molar-refractivity contribution is -0.150. The van der Waals surface area contributed by atoms with Gasteiger partial charge >= 0.3 is 12.1 Å². The Labute approximate surface area is 193 Å². The van der Waals surface area contributed by atoms with E-state index in [1.54, 1.807) is 26.0 Å². The monoisotopic (exact) mass is 486 g/mol. The molecule has 11 heteroatoms. The van der Waals surface area contributed by atoms with Crippen molar-refractivity contribution in [3.8, 4) is 5.75 Å². The molecular formula is C22H22ClF3N2O5. The van der Waals surface area contributed by atoms with E-state index in [0.717, 1.165) is 12.1 Å². The zero-order valence-electron chi connectivity index (χ0n) is 18.0. The number of amides is 2. The second-order valence-electron chi connectivity index (χ2n) is 7.27. The quantitative estimate of drug-likeness (QED) is 0.542. The number of hydrogen-bond donors (Lipinski definition) is 2. The standard InChI is InChI=1S/C22H22ClF3N2O5/c1-12(2)19(28-20(30)13-4-7-15(32-3)8-5-13)21(31)33-11-18(29)27-17-10-14(22(24,25)26)6-9-16(17)23/h4-10,12,19H,11H2,1-3H3,(H,27,29)(H,28,30)/t19-/m0/s1. The van der Waals surface area contributed by atoms with E-state index in [9.17, 15) is 27.6 Å². The lowest BCUT2D eigenvalue weighted by atomic mass is 10.0. The Balaban J connectivity index is 1.99. The molecular weight excluding hydrogens is 465 g/mol. The van der Waals surface area contributed by atoms with Crippen LogP contribution < -0.4 is 15.4 Å². The van der Waals surface area contributed by atoms with Gasteiger partial charge in [-0.15, -0.1) is 0 Å². The number of nitrogens with one attached hydrogen (secondary N) is 2. The van der Waals surface area contributed by atoms with E-state index >= 15 is 0 Å². The van der Waals surface area contributed by atoms with Gasteiger partial charge in [-0.2, -0.15) is 13.2 Å². The van der Waals surface area contributed by atoms with Crippen LogP contribution in [-0.4, -0.2) is 37.5 Å². The molecule has 2 rings (SSSR count). The molecule has 2 aromatic rings. The third kappa shape index (κ3) is 7.38. The van der Waals surface area contributed by atoms with Crippen LogP contribution in [0.2, 0.25) is 5.02 Å². The molecule has 0 aromatic heterocycles. The van der Waals surface area contributed by atoms with Crippen LogP contribution in [0.4, 0.5) is 18.9 Å². The first kappa shape index (κ1) is 26.0. The summed E-state index contributed by atoms with van der Waals surface area (Å²) >= 11 is 5.83. The van der Waals surface area contributed by atoms with E-state index in [4.69, 9.17) is 21.1 Å². The van der Waals surface area contributed by atoms with E-state index in [1.807, 2.05) is 0 Å².